The first-order valence-electron chi connectivity index (χ1n) is 5.91. The summed E-state index contributed by atoms with van der Waals surface area (Å²) < 4.78 is 0. The van der Waals surface area contributed by atoms with Gasteiger partial charge >= 0.3 is 0 Å². The summed E-state index contributed by atoms with van der Waals surface area (Å²) in [5.74, 6) is 0.696. The van der Waals surface area contributed by atoms with E-state index < -0.39 is 0 Å². The Morgan fingerprint density at radius 3 is 2.81 bits per heavy atom. The van der Waals surface area contributed by atoms with E-state index in [9.17, 15) is 0 Å². The molecular weight excluding hydrogens is 196 g/mol. The first-order valence-corrected chi connectivity index (χ1v) is 5.91. The largest absolute Gasteiger partial charge is 0.256 e. The highest BCUT2D eigenvalue weighted by atomic mass is 14.9. The summed E-state index contributed by atoms with van der Waals surface area (Å²) in [5, 5.41) is 5.66. The van der Waals surface area contributed by atoms with Crippen molar-refractivity contribution in [3.05, 3.63) is 42.1 Å². The van der Waals surface area contributed by atoms with Crippen LogP contribution in [0.1, 0.15) is 24.3 Å². The molecule has 0 aliphatic carbocycles. The third-order valence-corrected chi connectivity index (χ3v) is 3.37. The number of fused-ring (bicyclic) bond motifs is 1. The van der Waals surface area contributed by atoms with Crippen molar-refractivity contribution in [1.82, 2.24) is 10.3 Å². The fourth-order valence-corrected chi connectivity index (χ4v) is 2.43. The van der Waals surface area contributed by atoms with Crippen LogP contribution >= 0.6 is 0 Å². The Hall–Kier alpha value is -1.41. The number of benzene rings is 1. The normalized spacial score (nSPS) is 17.8. The Balaban J connectivity index is 1.97. The number of hydrogen-bond donors (Lipinski definition) is 0. The fourth-order valence-electron chi connectivity index (χ4n) is 2.43. The molecule has 16 heavy (non-hydrogen) atoms. The van der Waals surface area contributed by atoms with Gasteiger partial charge in [0, 0.05) is 24.7 Å². The highest BCUT2D eigenvalue weighted by Crippen LogP contribution is 2.27. The van der Waals surface area contributed by atoms with Crippen LogP contribution in [0.4, 0.5) is 0 Å². The summed E-state index contributed by atoms with van der Waals surface area (Å²) >= 11 is 0. The lowest BCUT2D eigenvalue weighted by Gasteiger charge is -2.22. The van der Waals surface area contributed by atoms with Crippen LogP contribution in [0.3, 0.4) is 0 Å². The van der Waals surface area contributed by atoms with Crippen molar-refractivity contribution in [2.75, 3.05) is 13.1 Å². The molecule has 2 nitrogen and oxygen atoms in total. The van der Waals surface area contributed by atoms with Crippen molar-refractivity contribution in [3.8, 4) is 0 Å². The minimum Gasteiger partial charge on any atom is -0.256 e. The Labute approximate surface area is 95.7 Å². The fraction of sp³-hybridized carbons (Fsp3) is 0.357. The van der Waals surface area contributed by atoms with Gasteiger partial charge in [0.1, 0.15) is 0 Å². The van der Waals surface area contributed by atoms with E-state index in [1.807, 2.05) is 12.3 Å². The van der Waals surface area contributed by atoms with Gasteiger partial charge in [-0.25, -0.2) is 5.32 Å². The molecule has 2 heteroatoms. The maximum atomic E-state index is 4.40. The standard InChI is InChI=1S/C14H15N2/c1-2-13-10-12(3-4-14(13)16-7-1)11-5-8-15-9-6-11/h1-4,7,10-11H,5-6,8-9H2. The lowest BCUT2D eigenvalue weighted by atomic mass is 9.89. The van der Waals surface area contributed by atoms with Crippen molar-refractivity contribution in [3.63, 3.8) is 0 Å². The number of pyridine rings is 1. The summed E-state index contributed by atoms with van der Waals surface area (Å²) in [6.45, 7) is 2.05. The van der Waals surface area contributed by atoms with Gasteiger partial charge in [-0.2, -0.15) is 0 Å². The van der Waals surface area contributed by atoms with Gasteiger partial charge in [-0.3, -0.25) is 4.98 Å². The molecule has 0 atom stereocenters. The molecule has 3 rings (SSSR count). The predicted octanol–water partition coefficient (Wildman–Crippen LogP) is 2.72. The van der Waals surface area contributed by atoms with E-state index in [0.717, 1.165) is 18.6 Å². The van der Waals surface area contributed by atoms with E-state index in [0.29, 0.717) is 5.92 Å². The van der Waals surface area contributed by atoms with Crippen LogP contribution in [0.2, 0.25) is 0 Å². The minimum atomic E-state index is 0.696. The summed E-state index contributed by atoms with van der Waals surface area (Å²) in [5.41, 5.74) is 2.54. The second kappa shape index (κ2) is 4.22. The molecule has 81 valence electrons. The third-order valence-electron chi connectivity index (χ3n) is 3.37. The Morgan fingerprint density at radius 1 is 1.06 bits per heavy atom. The van der Waals surface area contributed by atoms with Gasteiger partial charge in [0.25, 0.3) is 0 Å². The molecule has 0 bridgehead atoms. The minimum absolute atomic E-state index is 0.696. The SMILES string of the molecule is c1cnc2ccc(C3CC[N]CC3)cc2c1. The second-order valence-electron chi connectivity index (χ2n) is 4.40. The molecule has 1 radical (unpaired) electrons. The zero-order valence-electron chi connectivity index (χ0n) is 9.26. The number of nitrogens with zero attached hydrogens (tertiary/aromatic N) is 2. The first kappa shape index (κ1) is 9.79. The lowest BCUT2D eigenvalue weighted by Crippen LogP contribution is -2.20. The van der Waals surface area contributed by atoms with E-state index in [1.54, 1.807) is 0 Å². The molecule has 1 fully saturated rings. The monoisotopic (exact) mass is 211 g/mol. The lowest BCUT2D eigenvalue weighted by molar-refractivity contribution is 0.454. The van der Waals surface area contributed by atoms with E-state index in [1.165, 1.54) is 23.8 Å². The molecule has 1 aromatic heterocycles. The van der Waals surface area contributed by atoms with Crippen LogP contribution in [-0.4, -0.2) is 18.1 Å². The van der Waals surface area contributed by atoms with Crippen LogP contribution in [0.15, 0.2) is 36.5 Å². The molecule has 1 aromatic carbocycles. The maximum Gasteiger partial charge on any atom is 0.0702 e. The molecule has 1 aliphatic heterocycles. The van der Waals surface area contributed by atoms with Crippen molar-refractivity contribution in [1.29, 1.82) is 0 Å². The topological polar surface area (TPSA) is 27.0 Å². The quantitative estimate of drug-likeness (QED) is 0.712. The van der Waals surface area contributed by atoms with Crippen molar-refractivity contribution >= 4 is 10.9 Å². The van der Waals surface area contributed by atoms with Gasteiger partial charge < -0.3 is 0 Å². The maximum absolute atomic E-state index is 4.40. The van der Waals surface area contributed by atoms with Crippen LogP contribution in [-0.2, 0) is 0 Å². The smallest absolute Gasteiger partial charge is 0.0702 e. The van der Waals surface area contributed by atoms with E-state index >= 15 is 0 Å². The molecular formula is C14H15N2. The predicted molar refractivity (Wildman–Crippen MR) is 65.6 cm³/mol. The molecule has 1 aliphatic rings. The summed E-state index contributed by atoms with van der Waals surface area (Å²) in [6.07, 6.45) is 4.25. The molecule has 0 spiro atoms. The van der Waals surface area contributed by atoms with Crippen LogP contribution < -0.4 is 5.32 Å². The Kier molecular flexibility index (Phi) is 2.58. The number of rotatable bonds is 1. The average Bonchev–Trinajstić information content (AvgIpc) is 2.39. The summed E-state index contributed by atoms with van der Waals surface area (Å²) in [4.78, 5) is 4.35. The molecule has 1 saturated heterocycles. The molecule has 2 heterocycles. The van der Waals surface area contributed by atoms with Crippen LogP contribution in [0, 0.1) is 0 Å². The second-order valence-corrected chi connectivity index (χ2v) is 4.40. The Morgan fingerprint density at radius 2 is 1.94 bits per heavy atom. The average molecular weight is 211 g/mol. The van der Waals surface area contributed by atoms with Crippen molar-refractivity contribution < 1.29 is 0 Å². The van der Waals surface area contributed by atoms with Crippen LogP contribution in [0.25, 0.3) is 10.9 Å². The zero-order chi connectivity index (χ0) is 10.8. The summed E-state index contributed by atoms with van der Waals surface area (Å²) in [7, 11) is 0. The van der Waals surface area contributed by atoms with E-state index in [2.05, 4.69) is 34.6 Å². The Bertz CT molecular complexity index is 487. The van der Waals surface area contributed by atoms with E-state index in [-0.39, 0.29) is 0 Å². The highest BCUT2D eigenvalue weighted by Gasteiger charge is 2.15. The highest BCUT2D eigenvalue weighted by molar-refractivity contribution is 5.79. The van der Waals surface area contributed by atoms with Gasteiger partial charge in [-0.1, -0.05) is 12.1 Å². The van der Waals surface area contributed by atoms with E-state index in [4.69, 9.17) is 0 Å². The van der Waals surface area contributed by atoms with Gasteiger partial charge in [0.05, 0.1) is 5.52 Å². The van der Waals surface area contributed by atoms with Gasteiger partial charge in [0.15, 0.2) is 0 Å². The van der Waals surface area contributed by atoms with Gasteiger partial charge in [-0.15, -0.1) is 0 Å². The van der Waals surface area contributed by atoms with Gasteiger partial charge in [-0.05, 0) is 42.5 Å². The number of aromatic nitrogens is 1. The first-order chi connectivity index (χ1) is 7.93. The molecule has 0 N–H and O–H groups in total. The molecule has 0 unspecified atom stereocenters. The van der Waals surface area contributed by atoms with Crippen molar-refractivity contribution in [2.45, 2.75) is 18.8 Å². The number of piperidine rings is 1. The zero-order valence-corrected chi connectivity index (χ0v) is 9.26. The molecule has 0 amide bonds. The number of hydrogen-bond acceptors (Lipinski definition) is 1. The van der Waals surface area contributed by atoms with Crippen molar-refractivity contribution in [2.24, 2.45) is 0 Å². The van der Waals surface area contributed by atoms with Crippen LogP contribution in [0.5, 0.6) is 0 Å². The third kappa shape index (κ3) is 1.81. The molecule has 0 saturated carbocycles. The van der Waals surface area contributed by atoms with Gasteiger partial charge in [0.2, 0.25) is 0 Å². The molecule has 2 aromatic rings. The summed E-state index contributed by atoms with van der Waals surface area (Å²) in [6, 6.07) is 10.8.